The Morgan fingerprint density at radius 1 is 1.40 bits per heavy atom. The first kappa shape index (κ1) is 17.9. The summed E-state index contributed by atoms with van der Waals surface area (Å²) in [5.41, 5.74) is 1.41. The van der Waals surface area contributed by atoms with E-state index in [1.54, 1.807) is 11.3 Å². The van der Waals surface area contributed by atoms with Crippen molar-refractivity contribution < 1.29 is 9.90 Å². The van der Waals surface area contributed by atoms with Gasteiger partial charge < -0.3 is 5.11 Å². The second-order valence-electron chi connectivity index (χ2n) is 7.01. The molecule has 3 rings (SSSR count). The third-order valence-electron chi connectivity index (χ3n) is 4.23. The molecule has 132 valence electrons. The number of benzene rings is 1. The Bertz CT molecular complexity index is 888. The van der Waals surface area contributed by atoms with Crippen molar-refractivity contribution >= 4 is 43.5 Å². The second-order valence-corrected chi connectivity index (χ2v) is 9.32. The zero-order valence-electron chi connectivity index (χ0n) is 14.0. The zero-order chi connectivity index (χ0) is 18.2. The Hall–Kier alpha value is -1.87. The van der Waals surface area contributed by atoms with Crippen LogP contribution in [0.1, 0.15) is 38.1 Å². The molecule has 0 aliphatic carbocycles. The largest absolute Gasteiger partial charge is 0.481 e. The minimum Gasteiger partial charge on any atom is -0.481 e. The summed E-state index contributed by atoms with van der Waals surface area (Å²) >= 11 is 4.97. The monoisotopic (exact) mass is 423 g/mol. The molecular weight excluding hydrogens is 406 g/mol. The number of halogens is 1. The molecule has 0 aliphatic heterocycles. The molecule has 7 nitrogen and oxygen atoms in total. The topological polar surface area (TPSA) is 105 Å². The number of fused-ring (bicyclic) bond motifs is 1. The Labute approximate surface area is 157 Å². The fraction of sp³-hybridized carbons (Fsp3) is 0.438. The van der Waals surface area contributed by atoms with E-state index in [2.05, 4.69) is 41.5 Å². The summed E-state index contributed by atoms with van der Waals surface area (Å²) in [5, 5.41) is 23.9. The number of carboxylic acids is 1. The number of aromatic nitrogens is 5. The van der Waals surface area contributed by atoms with Crippen molar-refractivity contribution in [3.63, 3.8) is 0 Å². The van der Waals surface area contributed by atoms with Gasteiger partial charge in [-0.05, 0) is 49.8 Å². The lowest BCUT2D eigenvalue weighted by Crippen LogP contribution is -2.35. The summed E-state index contributed by atoms with van der Waals surface area (Å²) < 4.78 is 1.86. The van der Waals surface area contributed by atoms with Crippen molar-refractivity contribution in [2.24, 2.45) is 11.3 Å². The highest BCUT2D eigenvalue weighted by atomic mass is 79.9. The minimum atomic E-state index is -0.861. The van der Waals surface area contributed by atoms with Crippen LogP contribution in [0.25, 0.3) is 10.2 Å². The predicted molar refractivity (Wildman–Crippen MR) is 98.5 cm³/mol. The van der Waals surface area contributed by atoms with Crippen molar-refractivity contribution in [2.75, 3.05) is 0 Å². The molecular formula is C16H18BrN5O2S. The van der Waals surface area contributed by atoms with E-state index in [-0.39, 0.29) is 0 Å². The number of rotatable bonds is 5. The first-order valence-corrected chi connectivity index (χ1v) is 9.38. The van der Waals surface area contributed by atoms with E-state index in [9.17, 15) is 9.90 Å². The number of hydrogen-bond donors (Lipinski definition) is 2. The number of hydrogen-bond acceptors (Lipinski definition) is 6. The summed E-state index contributed by atoms with van der Waals surface area (Å²) in [5.74, 6) is -1.42. The Morgan fingerprint density at radius 2 is 2.16 bits per heavy atom. The number of para-hydroxylation sites is 1. The molecule has 2 atom stereocenters. The maximum atomic E-state index is 12.0. The lowest BCUT2D eigenvalue weighted by molar-refractivity contribution is -0.146. The van der Waals surface area contributed by atoms with Gasteiger partial charge in [-0.3, -0.25) is 4.79 Å². The average Bonchev–Trinajstić information content (AvgIpc) is 3.13. The second kappa shape index (κ2) is 6.80. The molecule has 1 aromatic carbocycles. The van der Waals surface area contributed by atoms with Crippen molar-refractivity contribution in [1.29, 1.82) is 0 Å². The van der Waals surface area contributed by atoms with Gasteiger partial charge in [-0.1, -0.05) is 32.9 Å². The molecule has 0 amide bonds. The molecule has 0 aliphatic rings. The van der Waals surface area contributed by atoms with E-state index >= 15 is 0 Å². The molecule has 0 saturated carbocycles. The molecule has 0 radical (unpaired) electrons. The van der Waals surface area contributed by atoms with Crippen LogP contribution >= 0.6 is 27.3 Å². The van der Waals surface area contributed by atoms with Crippen LogP contribution in [0.2, 0.25) is 0 Å². The maximum Gasteiger partial charge on any atom is 0.307 e. The van der Waals surface area contributed by atoms with Gasteiger partial charge >= 0.3 is 5.97 Å². The van der Waals surface area contributed by atoms with Gasteiger partial charge in [0, 0.05) is 5.92 Å². The summed E-state index contributed by atoms with van der Waals surface area (Å²) in [6.07, 6.45) is 0.485. The lowest BCUT2D eigenvalue weighted by Gasteiger charge is -2.32. The highest BCUT2D eigenvalue weighted by Crippen LogP contribution is 2.40. The van der Waals surface area contributed by atoms with Gasteiger partial charge in [0.2, 0.25) is 0 Å². The van der Waals surface area contributed by atoms with Crippen LogP contribution in [0, 0.1) is 11.3 Å². The summed E-state index contributed by atoms with van der Waals surface area (Å²) in [6, 6.07) is 5.95. The molecule has 9 heteroatoms. The van der Waals surface area contributed by atoms with Crippen LogP contribution < -0.4 is 0 Å². The number of nitrogens with zero attached hydrogens (tertiary/aromatic N) is 4. The summed E-state index contributed by atoms with van der Waals surface area (Å²) in [4.78, 5) is 16.6. The van der Waals surface area contributed by atoms with Crippen LogP contribution in [0.4, 0.5) is 0 Å². The van der Waals surface area contributed by atoms with Crippen LogP contribution in [-0.4, -0.2) is 36.7 Å². The van der Waals surface area contributed by atoms with Gasteiger partial charge in [0.15, 0.2) is 9.74 Å². The first-order valence-electron chi connectivity index (χ1n) is 7.77. The van der Waals surface area contributed by atoms with Crippen molar-refractivity contribution in [3.05, 3.63) is 33.5 Å². The smallest absolute Gasteiger partial charge is 0.307 e. The Balaban J connectivity index is 2.07. The molecule has 0 fully saturated rings. The van der Waals surface area contributed by atoms with Crippen LogP contribution in [0.5, 0.6) is 0 Å². The van der Waals surface area contributed by atoms with E-state index in [0.717, 1.165) is 19.7 Å². The van der Waals surface area contributed by atoms with Gasteiger partial charge in [0.25, 0.3) is 0 Å². The SMILES string of the molecule is CC(C)(C)[C@H](C(=O)O)[C@H](Cc1cccc2sc(Br)nc12)c1nnn[nH]1. The van der Waals surface area contributed by atoms with E-state index in [1.165, 1.54) is 0 Å². The fourth-order valence-electron chi connectivity index (χ4n) is 3.22. The zero-order valence-corrected chi connectivity index (χ0v) is 16.4. The Kier molecular flexibility index (Phi) is 4.88. The Morgan fingerprint density at radius 3 is 2.76 bits per heavy atom. The number of carbonyl (C=O) groups is 1. The number of H-pyrrole nitrogens is 1. The first-order chi connectivity index (χ1) is 11.8. The molecule has 3 aromatic rings. The average molecular weight is 424 g/mol. The number of carboxylic acid groups (broad SMARTS) is 1. The number of nitrogens with one attached hydrogen (secondary N) is 1. The number of aliphatic carboxylic acids is 1. The van der Waals surface area contributed by atoms with E-state index in [1.807, 2.05) is 39.0 Å². The molecule has 2 N–H and O–H groups in total. The third kappa shape index (κ3) is 3.72. The minimum absolute atomic E-state index is 0.390. The molecule has 2 heterocycles. The van der Waals surface area contributed by atoms with Gasteiger partial charge in [-0.25, -0.2) is 10.1 Å². The molecule has 0 bridgehead atoms. The fourth-order valence-corrected chi connectivity index (χ4v) is 4.66. The van der Waals surface area contributed by atoms with Gasteiger partial charge in [0.1, 0.15) is 0 Å². The van der Waals surface area contributed by atoms with Crippen LogP contribution in [0.3, 0.4) is 0 Å². The molecule has 0 spiro atoms. The summed E-state index contributed by atoms with van der Waals surface area (Å²) in [6.45, 7) is 5.76. The van der Waals surface area contributed by atoms with Crippen molar-refractivity contribution in [1.82, 2.24) is 25.6 Å². The third-order valence-corrected chi connectivity index (χ3v) is 5.70. The summed E-state index contributed by atoms with van der Waals surface area (Å²) in [7, 11) is 0. The molecule has 0 saturated heterocycles. The van der Waals surface area contributed by atoms with Gasteiger partial charge in [-0.15, -0.1) is 16.4 Å². The van der Waals surface area contributed by atoms with Crippen molar-refractivity contribution in [3.8, 4) is 0 Å². The van der Waals surface area contributed by atoms with E-state index in [4.69, 9.17) is 0 Å². The normalized spacial score (nSPS) is 14.6. The molecule has 25 heavy (non-hydrogen) atoms. The van der Waals surface area contributed by atoms with E-state index in [0.29, 0.717) is 12.2 Å². The van der Waals surface area contributed by atoms with Crippen LogP contribution in [-0.2, 0) is 11.2 Å². The highest BCUT2D eigenvalue weighted by Gasteiger charge is 2.40. The standard InChI is InChI=1S/C16H18BrN5O2S/c1-16(2,3)11(14(23)24)9(13-19-21-22-20-13)7-8-5-4-6-10-12(8)18-15(17)25-10/h4-6,9,11H,7H2,1-3H3,(H,23,24)(H,19,20,21,22)/t9-,11-/m0/s1. The van der Waals surface area contributed by atoms with Gasteiger partial charge in [0.05, 0.1) is 16.1 Å². The van der Waals surface area contributed by atoms with Crippen LogP contribution in [0.15, 0.2) is 22.1 Å². The number of aromatic amines is 1. The van der Waals surface area contributed by atoms with Crippen molar-refractivity contribution in [2.45, 2.75) is 33.1 Å². The lowest BCUT2D eigenvalue weighted by atomic mass is 9.71. The molecule has 2 aromatic heterocycles. The highest BCUT2D eigenvalue weighted by molar-refractivity contribution is 9.11. The van der Waals surface area contributed by atoms with Gasteiger partial charge in [-0.2, -0.15) is 0 Å². The quantitative estimate of drug-likeness (QED) is 0.648. The van der Waals surface area contributed by atoms with E-state index < -0.39 is 23.2 Å². The number of tetrazole rings is 1. The predicted octanol–water partition coefficient (Wildman–Crippen LogP) is 3.65. The molecule has 0 unspecified atom stereocenters. The maximum absolute atomic E-state index is 12.0. The number of thiazole rings is 1.